The molecule has 0 aliphatic heterocycles. The Bertz CT molecular complexity index is 322. The van der Waals surface area contributed by atoms with Crippen LogP contribution in [-0.2, 0) is 16.0 Å². The van der Waals surface area contributed by atoms with Crippen LogP contribution in [0.3, 0.4) is 0 Å². The largest absolute Gasteiger partial charge is 0.382 e. The second-order valence-corrected chi connectivity index (χ2v) is 5.31. The highest BCUT2D eigenvalue weighted by molar-refractivity contribution is 7.16. The van der Waals surface area contributed by atoms with Crippen molar-refractivity contribution >= 4 is 28.7 Å². The Hall–Kier alpha value is -0.380. The summed E-state index contributed by atoms with van der Waals surface area (Å²) in [7, 11) is 1.66. The van der Waals surface area contributed by atoms with Gasteiger partial charge >= 0.3 is 0 Å². The second kappa shape index (κ2) is 6.26. The lowest BCUT2D eigenvalue weighted by Crippen LogP contribution is -2.09. The molecule has 1 aromatic rings. The van der Waals surface area contributed by atoms with E-state index in [1.165, 1.54) is 11.3 Å². The SMILES string of the molecule is COC(C)CCC(=O)Cc1ccc(Cl)s1. The van der Waals surface area contributed by atoms with Crippen molar-refractivity contribution in [2.75, 3.05) is 7.11 Å². The molecule has 1 heterocycles. The van der Waals surface area contributed by atoms with Crippen LogP contribution >= 0.6 is 22.9 Å². The molecule has 0 amide bonds. The van der Waals surface area contributed by atoms with Gasteiger partial charge < -0.3 is 4.74 Å². The van der Waals surface area contributed by atoms with E-state index in [1.807, 2.05) is 19.1 Å². The zero-order valence-electron chi connectivity index (χ0n) is 8.96. The third kappa shape index (κ3) is 4.78. The maximum absolute atomic E-state index is 11.6. The molecule has 0 saturated heterocycles. The van der Waals surface area contributed by atoms with Crippen molar-refractivity contribution in [1.29, 1.82) is 0 Å². The first-order valence-corrected chi connectivity index (χ1v) is 6.10. The molecule has 1 atom stereocenters. The Morgan fingerprint density at radius 1 is 1.60 bits per heavy atom. The highest BCUT2D eigenvalue weighted by Crippen LogP contribution is 2.22. The average Bonchev–Trinajstić information content (AvgIpc) is 2.60. The fraction of sp³-hybridized carbons (Fsp3) is 0.545. The predicted octanol–water partition coefficient (Wildman–Crippen LogP) is 3.33. The first kappa shape index (κ1) is 12.7. The van der Waals surface area contributed by atoms with E-state index in [-0.39, 0.29) is 11.9 Å². The molecule has 2 nitrogen and oxygen atoms in total. The van der Waals surface area contributed by atoms with E-state index in [1.54, 1.807) is 7.11 Å². The summed E-state index contributed by atoms with van der Waals surface area (Å²) in [6.45, 7) is 1.97. The number of carbonyl (C=O) groups is 1. The Morgan fingerprint density at radius 3 is 2.87 bits per heavy atom. The Kier molecular flexibility index (Phi) is 5.29. The number of hydrogen-bond acceptors (Lipinski definition) is 3. The lowest BCUT2D eigenvalue weighted by atomic mass is 10.1. The van der Waals surface area contributed by atoms with Crippen LogP contribution in [0.4, 0.5) is 0 Å². The molecule has 0 aromatic carbocycles. The zero-order chi connectivity index (χ0) is 11.3. The molecule has 0 radical (unpaired) electrons. The Morgan fingerprint density at radius 2 is 2.33 bits per heavy atom. The van der Waals surface area contributed by atoms with Crippen LogP contribution in [-0.4, -0.2) is 19.0 Å². The van der Waals surface area contributed by atoms with Gasteiger partial charge in [-0.2, -0.15) is 0 Å². The number of carbonyl (C=O) groups excluding carboxylic acids is 1. The summed E-state index contributed by atoms with van der Waals surface area (Å²) in [6, 6.07) is 3.73. The van der Waals surface area contributed by atoms with Gasteiger partial charge in [0.05, 0.1) is 10.4 Å². The summed E-state index contributed by atoms with van der Waals surface area (Å²) >= 11 is 7.25. The fourth-order valence-electron chi connectivity index (χ4n) is 1.21. The molecule has 0 aliphatic rings. The molecule has 84 valence electrons. The van der Waals surface area contributed by atoms with Gasteiger partial charge in [0, 0.05) is 24.8 Å². The van der Waals surface area contributed by atoms with Gasteiger partial charge in [-0.05, 0) is 25.5 Å². The lowest BCUT2D eigenvalue weighted by molar-refractivity contribution is -0.119. The van der Waals surface area contributed by atoms with Crippen LogP contribution < -0.4 is 0 Å². The third-order valence-electron chi connectivity index (χ3n) is 2.23. The van der Waals surface area contributed by atoms with Crippen molar-refractivity contribution in [1.82, 2.24) is 0 Å². The number of thiophene rings is 1. The summed E-state index contributed by atoms with van der Waals surface area (Å²) in [5.41, 5.74) is 0. The molecule has 1 aromatic heterocycles. The molecular formula is C11H15ClO2S. The topological polar surface area (TPSA) is 26.3 Å². The second-order valence-electron chi connectivity index (χ2n) is 3.51. The van der Waals surface area contributed by atoms with Crippen LogP contribution in [0.1, 0.15) is 24.6 Å². The number of methoxy groups -OCH3 is 1. The van der Waals surface area contributed by atoms with Crippen molar-refractivity contribution in [3.8, 4) is 0 Å². The number of ketones is 1. The van der Waals surface area contributed by atoms with Gasteiger partial charge in [-0.1, -0.05) is 11.6 Å². The summed E-state index contributed by atoms with van der Waals surface area (Å²) < 4.78 is 5.82. The maximum Gasteiger partial charge on any atom is 0.138 e. The summed E-state index contributed by atoms with van der Waals surface area (Å²) in [4.78, 5) is 12.6. The molecule has 4 heteroatoms. The van der Waals surface area contributed by atoms with E-state index in [2.05, 4.69) is 0 Å². The smallest absolute Gasteiger partial charge is 0.138 e. The third-order valence-corrected chi connectivity index (χ3v) is 3.46. The maximum atomic E-state index is 11.6. The van der Waals surface area contributed by atoms with E-state index in [0.717, 1.165) is 15.6 Å². The standard InChI is InChI=1S/C11H15ClO2S/c1-8(14-2)3-4-9(13)7-10-5-6-11(12)15-10/h5-6,8H,3-4,7H2,1-2H3. The average molecular weight is 247 g/mol. The number of ether oxygens (including phenoxy) is 1. The van der Waals surface area contributed by atoms with E-state index < -0.39 is 0 Å². The minimum absolute atomic E-state index is 0.154. The van der Waals surface area contributed by atoms with Crippen LogP contribution in [0.15, 0.2) is 12.1 Å². The molecule has 0 bridgehead atoms. The minimum Gasteiger partial charge on any atom is -0.382 e. The van der Waals surface area contributed by atoms with Gasteiger partial charge in [-0.25, -0.2) is 0 Å². The summed E-state index contributed by atoms with van der Waals surface area (Å²) in [6.07, 6.45) is 2.01. The highest BCUT2D eigenvalue weighted by atomic mass is 35.5. The van der Waals surface area contributed by atoms with E-state index >= 15 is 0 Å². The van der Waals surface area contributed by atoms with Crippen molar-refractivity contribution < 1.29 is 9.53 Å². The first-order valence-electron chi connectivity index (χ1n) is 4.90. The number of hydrogen-bond donors (Lipinski definition) is 0. The molecule has 0 saturated carbocycles. The number of halogens is 1. The molecule has 15 heavy (non-hydrogen) atoms. The van der Waals surface area contributed by atoms with Crippen molar-refractivity contribution in [3.63, 3.8) is 0 Å². The van der Waals surface area contributed by atoms with Gasteiger partial charge in [0.1, 0.15) is 5.78 Å². The van der Waals surface area contributed by atoms with Gasteiger partial charge in [0.15, 0.2) is 0 Å². The van der Waals surface area contributed by atoms with E-state index in [0.29, 0.717) is 12.8 Å². The molecule has 1 rings (SSSR count). The van der Waals surface area contributed by atoms with Gasteiger partial charge in [-0.15, -0.1) is 11.3 Å². The molecule has 0 spiro atoms. The van der Waals surface area contributed by atoms with Crippen molar-refractivity contribution in [2.24, 2.45) is 0 Å². The van der Waals surface area contributed by atoms with Crippen molar-refractivity contribution in [3.05, 3.63) is 21.3 Å². The summed E-state index contributed by atoms with van der Waals surface area (Å²) in [5.74, 6) is 0.248. The quantitative estimate of drug-likeness (QED) is 0.770. The minimum atomic E-state index is 0.154. The summed E-state index contributed by atoms with van der Waals surface area (Å²) in [5, 5.41) is 0. The fourth-order valence-corrected chi connectivity index (χ4v) is 2.33. The first-order chi connectivity index (χ1) is 7.11. The Balaban J connectivity index is 2.30. The molecule has 0 N–H and O–H groups in total. The van der Waals surface area contributed by atoms with Crippen LogP contribution in [0, 0.1) is 0 Å². The lowest BCUT2D eigenvalue weighted by Gasteiger charge is -2.07. The van der Waals surface area contributed by atoms with Gasteiger partial charge in [-0.3, -0.25) is 4.79 Å². The van der Waals surface area contributed by atoms with E-state index in [4.69, 9.17) is 16.3 Å². The van der Waals surface area contributed by atoms with Crippen LogP contribution in [0.2, 0.25) is 4.34 Å². The zero-order valence-corrected chi connectivity index (χ0v) is 10.5. The van der Waals surface area contributed by atoms with Crippen LogP contribution in [0.25, 0.3) is 0 Å². The number of rotatable bonds is 6. The van der Waals surface area contributed by atoms with Gasteiger partial charge in [0.25, 0.3) is 0 Å². The number of Topliss-reactive ketones (excluding diaryl/α,β-unsaturated/α-hetero) is 1. The molecule has 0 aliphatic carbocycles. The Labute approximate surface area is 99.2 Å². The highest BCUT2D eigenvalue weighted by Gasteiger charge is 2.08. The normalized spacial score (nSPS) is 12.7. The van der Waals surface area contributed by atoms with Crippen LogP contribution in [0.5, 0.6) is 0 Å². The predicted molar refractivity (Wildman–Crippen MR) is 63.7 cm³/mol. The van der Waals surface area contributed by atoms with Gasteiger partial charge in [0.2, 0.25) is 0 Å². The molecular weight excluding hydrogens is 232 g/mol. The molecule has 0 fully saturated rings. The monoisotopic (exact) mass is 246 g/mol. The van der Waals surface area contributed by atoms with Crippen molar-refractivity contribution in [2.45, 2.75) is 32.3 Å². The van der Waals surface area contributed by atoms with E-state index in [9.17, 15) is 4.79 Å². The molecule has 1 unspecified atom stereocenters.